The zero-order valence-corrected chi connectivity index (χ0v) is 13.9. The maximum Gasteiger partial charge on any atom is 0.251 e. The number of halogens is 1. The number of pyridine rings is 1. The van der Waals surface area contributed by atoms with Gasteiger partial charge in [0.2, 0.25) is 5.91 Å². The number of amides is 1. The second-order valence-corrected chi connectivity index (χ2v) is 6.12. The summed E-state index contributed by atoms with van der Waals surface area (Å²) in [6.07, 6.45) is 0.593. The standard InChI is InChI=1S/C20H19FN2O2/c1-13-2-8-18-16(10-13)11-15(20(25)23-18)5-9-19(24)22-12-14-3-6-17(21)7-4-14/h2-4,6-8,10-11H,5,9,12H2,1H3,(H,22,24)(H,23,25). The maximum atomic E-state index is 12.8. The number of aromatic amines is 1. The fraction of sp³-hybridized carbons (Fsp3) is 0.200. The van der Waals surface area contributed by atoms with Gasteiger partial charge in [0.05, 0.1) is 0 Å². The van der Waals surface area contributed by atoms with E-state index in [2.05, 4.69) is 10.3 Å². The molecule has 0 spiro atoms. The Bertz CT molecular complexity index is 962. The van der Waals surface area contributed by atoms with Crippen LogP contribution in [0.2, 0.25) is 0 Å². The van der Waals surface area contributed by atoms with E-state index in [-0.39, 0.29) is 23.7 Å². The van der Waals surface area contributed by atoms with Crippen molar-refractivity contribution in [3.05, 3.63) is 81.4 Å². The molecule has 25 heavy (non-hydrogen) atoms. The molecule has 0 atom stereocenters. The Morgan fingerprint density at radius 2 is 1.88 bits per heavy atom. The molecule has 1 amide bonds. The number of hydrogen-bond donors (Lipinski definition) is 2. The topological polar surface area (TPSA) is 62.0 Å². The van der Waals surface area contributed by atoms with Gasteiger partial charge in [0.25, 0.3) is 5.56 Å². The van der Waals surface area contributed by atoms with E-state index in [1.807, 2.05) is 31.2 Å². The van der Waals surface area contributed by atoms with Crippen molar-refractivity contribution in [1.82, 2.24) is 10.3 Å². The average molecular weight is 338 g/mol. The number of carbonyl (C=O) groups is 1. The Hall–Kier alpha value is -2.95. The first-order chi connectivity index (χ1) is 12.0. The van der Waals surface area contributed by atoms with Gasteiger partial charge in [-0.3, -0.25) is 9.59 Å². The van der Waals surface area contributed by atoms with Crippen molar-refractivity contribution >= 4 is 16.8 Å². The van der Waals surface area contributed by atoms with E-state index in [9.17, 15) is 14.0 Å². The Morgan fingerprint density at radius 3 is 2.64 bits per heavy atom. The van der Waals surface area contributed by atoms with Gasteiger partial charge in [0.1, 0.15) is 5.82 Å². The van der Waals surface area contributed by atoms with Gasteiger partial charge in [-0.15, -0.1) is 0 Å². The van der Waals surface area contributed by atoms with Crippen LogP contribution in [-0.2, 0) is 17.8 Å². The third-order valence-electron chi connectivity index (χ3n) is 4.10. The molecule has 0 bridgehead atoms. The van der Waals surface area contributed by atoms with E-state index in [0.29, 0.717) is 18.5 Å². The molecule has 2 aromatic carbocycles. The summed E-state index contributed by atoms with van der Waals surface area (Å²) in [5.41, 5.74) is 3.16. The van der Waals surface area contributed by atoms with Gasteiger partial charge in [-0.25, -0.2) is 4.39 Å². The lowest BCUT2D eigenvalue weighted by molar-refractivity contribution is -0.121. The lowest BCUT2D eigenvalue weighted by Crippen LogP contribution is -2.24. The van der Waals surface area contributed by atoms with Crippen molar-refractivity contribution < 1.29 is 9.18 Å². The number of aromatic nitrogens is 1. The predicted octanol–water partition coefficient (Wildman–Crippen LogP) is 3.22. The van der Waals surface area contributed by atoms with Gasteiger partial charge in [0.15, 0.2) is 0 Å². The summed E-state index contributed by atoms with van der Waals surface area (Å²) in [7, 11) is 0. The van der Waals surface area contributed by atoms with Crippen molar-refractivity contribution in [2.45, 2.75) is 26.3 Å². The van der Waals surface area contributed by atoms with Crippen LogP contribution in [0.3, 0.4) is 0 Å². The minimum absolute atomic E-state index is 0.145. The first-order valence-corrected chi connectivity index (χ1v) is 8.15. The zero-order valence-electron chi connectivity index (χ0n) is 13.9. The molecule has 128 valence electrons. The highest BCUT2D eigenvalue weighted by Gasteiger charge is 2.07. The van der Waals surface area contributed by atoms with Crippen LogP contribution in [0.25, 0.3) is 10.9 Å². The fourth-order valence-corrected chi connectivity index (χ4v) is 2.70. The second kappa shape index (κ2) is 7.30. The van der Waals surface area contributed by atoms with Crippen LogP contribution in [0.15, 0.2) is 53.3 Å². The van der Waals surface area contributed by atoms with Crippen LogP contribution in [0.4, 0.5) is 4.39 Å². The molecule has 1 heterocycles. The van der Waals surface area contributed by atoms with Crippen LogP contribution < -0.4 is 10.9 Å². The van der Waals surface area contributed by atoms with Crippen LogP contribution >= 0.6 is 0 Å². The van der Waals surface area contributed by atoms with Crippen LogP contribution in [0, 0.1) is 12.7 Å². The number of carbonyl (C=O) groups excluding carboxylic acids is 1. The molecule has 2 N–H and O–H groups in total. The normalized spacial score (nSPS) is 10.8. The number of H-pyrrole nitrogens is 1. The van der Waals surface area contributed by atoms with Crippen LogP contribution in [0.1, 0.15) is 23.1 Å². The molecular formula is C20H19FN2O2. The molecule has 3 rings (SSSR count). The third-order valence-corrected chi connectivity index (χ3v) is 4.10. The number of aryl methyl sites for hydroxylation is 2. The number of rotatable bonds is 5. The summed E-state index contributed by atoms with van der Waals surface area (Å²) >= 11 is 0. The monoisotopic (exact) mass is 338 g/mol. The first-order valence-electron chi connectivity index (χ1n) is 8.15. The molecule has 4 nitrogen and oxygen atoms in total. The smallest absolute Gasteiger partial charge is 0.251 e. The average Bonchev–Trinajstić information content (AvgIpc) is 2.60. The summed E-state index contributed by atoms with van der Waals surface area (Å²) in [4.78, 5) is 27.0. The van der Waals surface area contributed by atoms with Crippen LogP contribution in [0.5, 0.6) is 0 Å². The third kappa shape index (κ3) is 4.32. The number of benzene rings is 2. The number of nitrogens with one attached hydrogen (secondary N) is 2. The van der Waals surface area contributed by atoms with E-state index in [1.165, 1.54) is 12.1 Å². The maximum absolute atomic E-state index is 12.8. The SMILES string of the molecule is Cc1ccc2[nH]c(=O)c(CCC(=O)NCc3ccc(F)cc3)cc2c1. The zero-order chi connectivity index (χ0) is 17.8. The van der Waals surface area contributed by atoms with Crippen molar-refractivity contribution in [3.63, 3.8) is 0 Å². The van der Waals surface area contributed by atoms with Gasteiger partial charge < -0.3 is 10.3 Å². The van der Waals surface area contributed by atoms with Crippen molar-refractivity contribution in [3.8, 4) is 0 Å². The van der Waals surface area contributed by atoms with E-state index < -0.39 is 0 Å². The number of fused-ring (bicyclic) bond motifs is 1. The summed E-state index contributed by atoms with van der Waals surface area (Å²) < 4.78 is 12.8. The fourth-order valence-electron chi connectivity index (χ4n) is 2.70. The molecule has 0 fully saturated rings. The molecule has 0 aliphatic carbocycles. The van der Waals surface area contributed by atoms with Crippen molar-refractivity contribution in [1.29, 1.82) is 0 Å². The summed E-state index contributed by atoms with van der Waals surface area (Å²) in [6, 6.07) is 13.7. The molecule has 0 unspecified atom stereocenters. The van der Waals surface area contributed by atoms with Crippen molar-refractivity contribution in [2.75, 3.05) is 0 Å². The molecule has 3 aromatic rings. The highest BCUT2D eigenvalue weighted by Crippen LogP contribution is 2.14. The number of hydrogen-bond acceptors (Lipinski definition) is 2. The highest BCUT2D eigenvalue weighted by molar-refractivity contribution is 5.80. The lowest BCUT2D eigenvalue weighted by atomic mass is 10.1. The Balaban J connectivity index is 1.61. The van der Waals surface area contributed by atoms with Gasteiger partial charge in [-0.2, -0.15) is 0 Å². The van der Waals surface area contributed by atoms with Gasteiger partial charge in [0, 0.05) is 24.0 Å². The molecule has 5 heteroatoms. The largest absolute Gasteiger partial charge is 0.352 e. The summed E-state index contributed by atoms with van der Waals surface area (Å²) in [6.45, 7) is 2.33. The summed E-state index contributed by atoms with van der Waals surface area (Å²) in [5.74, 6) is -0.450. The Morgan fingerprint density at radius 1 is 1.12 bits per heavy atom. The first kappa shape index (κ1) is 16.9. The molecular weight excluding hydrogens is 319 g/mol. The quantitative estimate of drug-likeness (QED) is 0.750. The Labute approximate surface area is 144 Å². The molecule has 0 saturated heterocycles. The molecule has 1 aromatic heterocycles. The molecule has 0 aliphatic rings. The van der Waals surface area contributed by atoms with Crippen LogP contribution in [-0.4, -0.2) is 10.9 Å². The minimum atomic E-state index is -0.305. The molecule has 0 saturated carbocycles. The van der Waals surface area contributed by atoms with E-state index in [1.54, 1.807) is 12.1 Å². The minimum Gasteiger partial charge on any atom is -0.352 e. The predicted molar refractivity (Wildman–Crippen MR) is 95.9 cm³/mol. The highest BCUT2D eigenvalue weighted by atomic mass is 19.1. The van der Waals surface area contributed by atoms with Gasteiger partial charge in [-0.05, 0) is 54.6 Å². The van der Waals surface area contributed by atoms with E-state index in [4.69, 9.17) is 0 Å². The second-order valence-electron chi connectivity index (χ2n) is 6.12. The summed E-state index contributed by atoms with van der Waals surface area (Å²) in [5, 5.41) is 3.74. The molecule has 0 aliphatic heterocycles. The van der Waals surface area contributed by atoms with Crippen molar-refractivity contribution in [2.24, 2.45) is 0 Å². The lowest BCUT2D eigenvalue weighted by Gasteiger charge is -2.06. The van der Waals surface area contributed by atoms with Gasteiger partial charge in [-0.1, -0.05) is 23.8 Å². The Kier molecular flexibility index (Phi) is 4.93. The van der Waals surface area contributed by atoms with E-state index in [0.717, 1.165) is 22.0 Å². The van der Waals surface area contributed by atoms with E-state index >= 15 is 0 Å². The van der Waals surface area contributed by atoms with Gasteiger partial charge >= 0.3 is 0 Å². The molecule has 0 radical (unpaired) electrons.